The van der Waals surface area contributed by atoms with E-state index in [0.717, 1.165) is 6.08 Å². The first-order chi connectivity index (χ1) is 8.01. The maximum Gasteiger partial charge on any atom is 0.328 e. The van der Waals surface area contributed by atoms with E-state index < -0.39 is 5.97 Å². The Morgan fingerprint density at radius 2 is 1.76 bits per heavy atom. The Hall–Kier alpha value is -2.05. The zero-order chi connectivity index (χ0) is 13.3. The summed E-state index contributed by atoms with van der Waals surface area (Å²) >= 11 is 0. The van der Waals surface area contributed by atoms with Gasteiger partial charge in [0, 0.05) is 19.2 Å². The molecule has 6 heteroatoms. The molecule has 0 aromatic heterocycles. The van der Waals surface area contributed by atoms with Gasteiger partial charge in [0.25, 0.3) is 0 Å². The zero-order valence-corrected chi connectivity index (χ0v) is 9.21. The van der Waals surface area contributed by atoms with Crippen molar-refractivity contribution in [3.63, 3.8) is 0 Å². The fourth-order valence-electron chi connectivity index (χ4n) is 0.812. The zero-order valence-electron chi connectivity index (χ0n) is 9.21. The van der Waals surface area contributed by atoms with Gasteiger partial charge in [0.15, 0.2) is 11.5 Å². The smallest absolute Gasteiger partial charge is 0.328 e. The summed E-state index contributed by atoms with van der Waals surface area (Å²) in [4.78, 5) is 10.1. The van der Waals surface area contributed by atoms with Gasteiger partial charge in [-0.05, 0) is 23.8 Å². The molecule has 0 bridgehead atoms. The second kappa shape index (κ2) is 8.14. The van der Waals surface area contributed by atoms with E-state index >= 15 is 0 Å². The fraction of sp³-hybridized carbons (Fsp3) is 0.182. The molecule has 17 heavy (non-hydrogen) atoms. The maximum absolute atomic E-state index is 10.1. The number of benzene rings is 1. The minimum atomic E-state index is -1.06. The number of carboxylic acids is 1. The standard InChI is InChI=1S/C9H8O4.C2H8N2/c10-7-3-1-6(5-8(7)11)2-4-9(12)13;3-1-2-4/h1-5,10-11H,(H,12,13);1-4H2/b4-2+;. The van der Waals surface area contributed by atoms with Gasteiger partial charge in [-0.15, -0.1) is 0 Å². The third-order valence-electron chi connectivity index (χ3n) is 1.58. The molecule has 0 aliphatic heterocycles. The van der Waals surface area contributed by atoms with E-state index in [2.05, 4.69) is 0 Å². The van der Waals surface area contributed by atoms with E-state index in [0.29, 0.717) is 18.7 Å². The Kier molecular flexibility index (Phi) is 7.16. The lowest BCUT2D eigenvalue weighted by molar-refractivity contribution is -0.131. The molecule has 0 unspecified atom stereocenters. The molecular weight excluding hydrogens is 224 g/mol. The fourth-order valence-corrected chi connectivity index (χ4v) is 0.812. The number of rotatable bonds is 3. The molecule has 0 amide bonds. The van der Waals surface area contributed by atoms with Crippen LogP contribution in [0.3, 0.4) is 0 Å². The van der Waals surface area contributed by atoms with E-state index in [-0.39, 0.29) is 11.5 Å². The summed E-state index contributed by atoms with van der Waals surface area (Å²) in [5, 5.41) is 26.3. The van der Waals surface area contributed by atoms with Crippen molar-refractivity contribution in [3.8, 4) is 11.5 Å². The van der Waals surface area contributed by atoms with Crippen LogP contribution in [0, 0.1) is 0 Å². The minimum Gasteiger partial charge on any atom is -0.504 e. The van der Waals surface area contributed by atoms with Crippen LogP contribution in [-0.2, 0) is 4.79 Å². The molecule has 1 rings (SSSR count). The second-order valence-electron chi connectivity index (χ2n) is 3.00. The van der Waals surface area contributed by atoms with Crippen LogP contribution in [0.2, 0.25) is 0 Å². The van der Waals surface area contributed by atoms with Crippen molar-refractivity contribution in [3.05, 3.63) is 29.8 Å². The van der Waals surface area contributed by atoms with Crippen molar-refractivity contribution in [2.75, 3.05) is 13.1 Å². The summed E-state index contributed by atoms with van der Waals surface area (Å²) < 4.78 is 0. The van der Waals surface area contributed by atoms with Crippen molar-refractivity contribution >= 4 is 12.0 Å². The lowest BCUT2D eigenvalue weighted by atomic mass is 10.2. The van der Waals surface area contributed by atoms with Crippen LogP contribution in [-0.4, -0.2) is 34.4 Å². The average molecular weight is 240 g/mol. The Morgan fingerprint density at radius 3 is 2.18 bits per heavy atom. The Balaban J connectivity index is 0.000000557. The number of nitrogens with two attached hydrogens (primary N) is 2. The van der Waals surface area contributed by atoms with Gasteiger partial charge in [0.1, 0.15) is 0 Å². The van der Waals surface area contributed by atoms with Crippen LogP contribution in [0.25, 0.3) is 6.08 Å². The number of carbonyl (C=O) groups is 1. The third kappa shape index (κ3) is 6.93. The largest absolute Gasteiger partial charge is 0.504 e. The van der Waals surface area contributed by atoms with Crippen molar-refractivity contribution < 1.29 is 20.1 Å². The summed E-state index contributed by atoms with van der Waals surface area (Å²) in [6, 6.07) is 4.06. The van der Waals surface area contributed by atoms with Crippen LogP contribution in [0.15, 0.2) is 24.3 Å². The van der Waals surface area contributed by atoms with Gasteiger partial charge in [-0.25, -0.2) is 4.79 Å². The molecule has 1 aromatic carbocycles. The van der Waals surface area contributed by atoms with Gasteiger partial charge in [0.05, 0.1) is 0 Å². The first kappa shape index (κ1) is 14.9. The topological polar surface area (TPSA) is 130 Å². The van der Waals surface area contributed by atoms with E-state index in [1.807, 2.05) is 0 Å². The van der Waals surface area contributed by atoms with Crippen molar-refractivity contribution in [2.45, 2.75) is 0 Å². The summed E-state index contributed by atoms with van der Waals surface area (Å²) in [5.74, 6) is -1.56. The van der Waals surface area contributed by atoms with Crippen LogP contribution in [0.4, 0.5) is 0 Å². The van der Waals surface area contributed by atoms with Gasteiger partial charge < -0.3 is 26.8 Å². The lowest BCUT2D eigenvalue weighted by Gasteiger charge is -1.97. The SMILES string of the molecule is NCCN.O=C(O)/C=C/c1ccc(O)c(O)c1. The van der Waals surface area contributed by atoms with Gasteiger partial charge in [-0.3, -0.25) is 0 Å². The van der Waals surface area contributed by atoms with Gasteiger partial charge >= 0.3 is 5.97 Å². The molecule has 0 atom stereocenters. The molecule has 0 aliphatic carbocycles. The molecule has 1 aromatic rings. The first-order valence-corrected chi connectivity index (χ1v) is 4.84. The number of hydrogen-bond acceptors (Lipinski definition) is 5. The summed E-state index contributed by atoms with van der Waals surface area (Å²) in [5.41, 5.74) is 10.3. The molecule has 0 heterocycles. The highest BCUT2D eigenvalue weighted by atomic mass is 16.4. The normalized spacial score (nSPS) is 9.76. The Labute approximate surface area is 98.8 Å². The van der Waals surface area contributed by atoms with E-state index in [4.69, 9.17) is 26.8 Å². The Morgan fingerprint density at radius 1 is 1.18 bits per heavy atom. The van der Waals surface area contributed by atoms with Crippen molar-refractivity contribution in [2.24, 2.45) is 11.5 Å². The summed E-state index contributed by atoms with van der Waals surface area (Å²) in [6.45, 7) is 1.19. The average Bonchev–Trinajstić information content (AvgIpc) is 2.31. The predicted molar refractivity (Wildman–Crippen MR) is 64.6 cm³/mol. The highest BCUT2D eigenvalue weighted by molar-refractivity contribution is 5.85. The van der Waals surface area contributed by atoms with Crippen molar-refractivity contribution in [1.82, 2.24) is 0 Å². The lowest BCUT2D eigenvalue weighted by Crippen LogP contribution is -2.11. The molecule has 7 N–H and O–H groups in total. The number of hydrogen-bond donors (Lipinski definition) is 5. The molecule has 0 fully saturated rings. The second-order valence-corrected chi connectivity index (χ2v) is 3.00. The molecule has 0 saturated heterocycles. The van der Waals surface area contributed by atoms with Gasteiger partial charge in [-0.1, -0.05) is 6.07 Å². The number of aromatic hydroxyl groups is 2. The third-order valence-corrected chi connectivity index (χ3v) is 1.58. The predicted octanol–water partition coefficient (Wildman–Crippen LogP) is 0.0994. The van der Waals surface area contributed by atoms with Crippen LogP contribution < -0.4 is 11.5 Å². The number of phenols is 2. The van der Waals surface area contributed by atoms with Gasteiger partial charge in [0.2, 0.25) is 0 Å². The van der Waals surface area contributed by atoms with Crippen molar-refractivity contribution in [1.29, 1.82) is 0 Å². The Bertz CT molecular complexity index is 389. The monoisotopic (exact) mass is 240 g/mol. The van der Waals surface area contributed by atoms with Gasteiger partial charge in [-0.2, -0.15) is 0 Å². The van der Waals surface area contributed by atoms with Crippen LogP contribution >= 0.6 is 0 Å². The number of phenolic OH excluding ortho intramolecular Hbond substituents is 2. The molecule has 94 valence electrons. The van der Waals surface area contributed by atoms with E-state index in [9.17, 15) is 4.79 Å². The molecule has 0 radical (unpaired) electrons. The summed E-state index contributed by atoms with van der Waals surface area (Å²) in [7, 11) is 0. The summed E-state index contributed by atoms with van der Waals surface area (Å²) in [6.07, 6.45) is 2.27. The maximum atomic E-state index is 10.1. The highest BCUT2D eigenvalue weighted by Gasteiger charge is 1.97. The first-order valence-electron chi connectivity index (χ1n) is 4.84. The van der Waals surface area contributed by atoms with Crippen LogP contribution in [0.1, 0.15) is 5.56 Å². The molecule has 0 aliphatic rings. The number of carboxylic acid groups (broad SMARTS) is 1. The number of aliphatic carboxylic acids is 1. The van der Waals surface area contributed by atoms with Crippen LogP contribution in [0.5, 0.6) is 11.5 Å². The molecule has 0 saturated carbocycles. The van der Waals surface area contributed by atoms with E-state index in [1.165, 1.54) is 24.3 Å². The van der Waals surface area contributed by atoms with E-state index in [1.54, 1.807) is 0 Å². The minimum absolute atomic E-state index is 0.229. The molecule has 0 spiro atoms. The quantitative estimate of drug-likeness (QED) is 0.376. The highest BCUT2D eigenvalue weighted by Crippen LogP contribution is 2.25. The molecular formula is C11H16N2O4. The molecule has 6 nitrogen and oxygen atoms in total.